The molecule has 0 amide bonds. The molecule has 1 aromatic carbocycles. The van der Waals surface area contributed by atoms with Gasteiger partial charge in [-0.05, 0) is 61.4 Å². The zero-order valence-electron chi connectivity index (χ0n) is 12.5. The van der Waals surface area contributed by atoms with E-state index >= 15 is 0 Å². The van der Waals surface area contributed by atoms with Gasteiger partial charge in [-0.25, -0.2) is 0 Å². The summed E-state index contributed by atoms with van der Waals surface area (Å²) in [6, 6.07) is 7.06. The van der Waals surface area contributed by atoms with Crippen LogP contribution >= 0.6 is 0 Å². The molecule has 1 unspecified atom stereocenters. The Labute approximate surface area is 117 Å². The molecule has 1 N–H and O–H groups in total. The smallest absolute Gasteiger partial charge is 0.119 e. The minimum absolute atomic E-state index is 0.432. The normalized spacial score (nSPS) is 16.2. The molecule has 1 aromatic rings. The first-order chi connectivity index (χ1) is 9.20. The van der Waals surface area contributed by atoms with Crippen LogP contribution in [0.5, 0.6) is 5.75 Å². The number of benzene rings is 1. The van der Waals surface area contributed by atoms with Crippen molar-refractivity contribution in [1.29, 1.82) is 0 Å². The van der Waals surface area contributed by atoms with E-state index < -0.39 is 0 Å². The molecule has 1 aliphatic rings. The number of rotatable bonds is 6. The molecule has 2 heteroatoms. The second kappa shape index (κ2) is 6.95. The Balaban J connectivity index is 1.95. The predicted octanol–water partition coefficient (Wildman–Crippen LogP) is 3.58. The van der Waals surface area contributed by atoms with Crippen molar-refractivity contribution < 1.29 is 4.74 Å². The number of fused-ring (bicyclic) bond motifs is 1. The standard InChI is InChI=1S/C17H27NO/c1-4-18-17(13(2)3)12-19-16-10-9-14-7-5-6-8-15(14)11-16/h9-11,13,17-18H,4-8,12H2,1-3H3. The maximum atomic E-state index is 5.99. The third-order valence-electron chi connectivity index (χ3n) is 4.02. The molecule has 106 valence electrons. The van der Waals surface area contributed by atoms with Gasteiger partial charge < -0.3 is 10.1 Å². The Bertz CT molecular complexity index is 400. The Kier molecular flexibility index (Phi) is 5.26. The zero-order valence-corrected chi connectivity index (χ0v) is 12.5. The highest BCUT2D eigenvalue weighted by Gasteiger charge is 2.14. The number of hydrogen-bond acceptors (Lipinski definition) is 2. The first-order valence-electron chi connectivity index (χ1n) is 7.68. The summed E-state index contributed by atoms with van der Waals surface area (Å²) in [6.45, 7) is 8.38. The summed E-state index contributed by atoms with van der Waals surface area (Å²) < 4.78 is 5.99. The molecular weight excluding hydrogens is 234 g/mol. The number of ether oxygens (including phenoxy) is 1. The molecule has 19 heavy (non-hydrogen) atoms. The molecule has 0 radical (unpaired) electrons. The van der Waals surface area contributed by atoms with Crippen LogP contribution in [-0.4, -0.2) is 19.2 Å². The maximum Gasteiger partial charge on any atom is 0.119 e. The van der Waals surface area contributed by atoms with Crippen molar-refractivity contribution in [3.05, 3.63) is 29.3 Å². The minimum Gasteiger partial charge on any atom is -0.492 e. The van der Waals surface area contributed by atoms with Crippen LogP contribution in [0.4, 0.5) is 0 Å². The number of aryl methyl sites for hydroxylation is 2. The van der Waals surface area contributed by atoms with Crippen molar-refractivity contribution in [2.24, 2.45) is 5.92 Å². The molecule has 0 aliphatic heterocycles. The number of likely N-dealkylation sites (N-methyl/N-ethyl adjacent to an activating group) is 1. The monoisotopic (exact) mass is 261 g/mol. The van der Waals surface area contributed by atoms with Crippen LogP contribution in [0.1, 0.15) is 44.7 Å². The summed E-state index contributed by atoms with van der Waals surface area (Å²) in [6.07, 6.45) is 5.11. The second-order valence-corrected chi connectivity index (χ2v) is 5.86. The second-order valence-electron chi connectivity index (χ2n) is 5.86. The highest BCUT2D eigenvalue weighted by Crippen LogP contribution is 2.25. The van der Waals surface area contributed by atoms with Gasteiger partial charge in [0.2, 0.25) is 0 Å². The lowest BCUT2D eigenvalue weighted by Crippen LogP contribution is -2.38. The number of hydrogen-bond donors (Lipinski definition) is 1. The van der Waals surface area contributed by atoms with Gasteiger partial charge in [0.1, 0.15) is 12.4 Å². The lowest BCUT2D eigenvalue weighted by atomic mass is 9.92. The number of nitrogens with one attached hydrogen (secondary N) is 1. The van der Waals surface area contributed by atoms with E-state index in [9.17, 15) is 0 Å². The van der Waals surface area contributed by atoms with Crippen molar-refractivity contribution in [3.63, 3.8) is 0 Å². The molecule has 0 heterocycles. The average molecular weight is 261 g/mol. The van der Waals surface area contributed by atoms with Crippen LogP contribution < -0.4 is 10.1 Å². The molecule has 1 aliphatic carbocycles. The van der Waals surface area contributed by atoms with Gasteiger partial charge in [0, 0.05) is 6.04 Å². The Morgan fingerprint density at radius 2 is 1.89 bits per heavy atom. The fraction of sp³-hybridized carbons (Fsp3) is 0.647. The minimum atomic E-state index is 0.432. The van der Waals surface area contributed by atoms with Crippen LogP contribution in [-0.2, 0) is 12.8 Å². The molecule has 0 saturated heterocycles. The van der Waals surface area contributed by atoms with E-state index in [0.717, 1.165) is 18.9 Å². The van der Waals surface area contributed by atoms with Gasteiger partial charge in [0.05, 0.1) is 0 Å². The van der Waals surface area contributed by atoms with Gasteiger partial charge in [-0.2, -0.15) is 0 Å². The van der Waals surface area contributed by atoms with E-state index in [-0.39, 0.29) is 0 Å². The zero-order chi connectivity index (χ0) is 13.7. The topological polar surface area (TPSA) is 21.3 Å². The highest BCUT2D eigenvalue weighted by atomic mass is 16.5. The Morgan fingerprint density at radius 1 is 1.16 bits per heavy atom. The van der Waals surface area contributed by atoms with Crippen LogP contribution in [0.15, 0.2) is 18.2 Å². The van der Waals surface area contributed by atoms with E-state index in [2.05, 4.69) is 44.3 Å². The van der Waals surface area contributed by atoms with Crippen molar-refractivity contribution in [2.75, 3.05) is 13.2 Å². The summed E-state index contributed by atoms with van der Waals surface area (Å²) in [5.74, 6) is 1.63. The Morgan fingerprint density at radius 3 is 2.58 bits per heavy atom. The van der Waals surface area contributed by atoms with Crippen LogP contribution in [0.25, 0.3) is 0 Å². The first kappa shape index (κ1) is 14.4. The quantitative estimate of drug-likeness (QED) is 0.845. The van der Waals surface area contributed by atoms with E-state index in [1.165, 1.54) is 36.8 Å². The fourth-order valence-corrected chi connectivity index (χ4v) is 2.73. The Hall–Kier alpha value is -1.02. The van der Waals surface area contributed by atoms with Crippen molar-refractivity contribution in [1.82, 2.24) is 5.32 Å². The maximum absolute atomic E-state index is 5.99. The van der Waals surface area contributed by atoms with E-state index in [1.807, 2.05) is 0 Å². The average Bonchev–Trinajstić information content (AvgIpc) is 2.43. The fourth-order valence-electron chi connectivity index (χ4n) is 2.73. The molecule has 0 aromatic heterocycles. The van der Waals surface area contributed by atoms with Crippen LogP contribution in [0.3, 0.4) is 0 Å². The summed E-state index contributed by atoms with van der Waals surface area (Å²) in [5.41, 5.74) is 3.01. The summed E-state index contributed by atoms with van der Waals surface area (Å²) in [4.78, 5) is 0. The molecule has 2 rings (SSSR count). The predicted molar refractivity (Wildman–Crippen MR) is 80.9 cm³/mol. The van der Waals surface area contributed by atoms with Gasteiger partial charge >= 0.3 is 0 Å². The van der Waals surface area contributed by atoms with Gasteiger partial charge in [0.25, 0.3) is 0 Å². The molecule has 0 spiro atoms. The third-order valence-corrected chi connectivity index (χ3v) is 4.02. The van der Waals surface area contributed by atoms with Gasteiger partial charge in [-0.3, -0.25) is 0 Å². The summed E-state index contributed by atoms with van der Waals surface area (Å²) in [7, 11) is 0. The lowest BCUT2D eigenvalue weighted by molar-refractivity contribution is 0.232. The van der Waals surface area contributed by atoms with Crippen molar-refractivity contribution >= 4 is 0 Å². The van der Waals surface area contributed by atoms with E-state index in [4.69, 9.17) is 4.74 Å². The van der Waals surface area contributed by atoms with Gasteiger partial charge in [-0.1, -0.05) is 26.8 Å². The lowest BCUT2D eigenvalue weighted by Gasteiger charge is -2.23. The first-order valence-corrected chi connectivity index (χ1v) is 7.68. The molecule has 0 saturated carbocycles. The largest absolute Gasteiger partial charge is 0.492 e. The molecule has 2 nitrogen and oxygen atoms in total. The van der Waals surface area contributed by atoms with E-state index in [0.29, 0.717) is 12.0 Å². The summed E-state index contributed by atoms with van der Waals surface area (Å²) >= 11 is 0. The molecular formula is C17H27NO. The van der Waals surface area contributed by atoms with Crippen LogP contribution in [0.2, 0.25) is 0 Å². The molecule has 0 bridgehead atoms. The van der Waals surface area contributed by atoms with Gasteiger partial charge in [0.15, 0.2) is 0 Å². The highest BCUT2D eigenvalue weighted by molar-refractivity contribution is 5.37. The SMILES string of the molecule is CCNC(COc1ccc2c(c1)CCCC2)C(C)C. The van der Waals surface area contributed by atoms with Gasteiger partial charge in [-0.15, -0.1) is 0 Å². The van der Waals surface area contributed by atoms with E-state index in [1.54, 1.807) is 0 Å². The molecule has 0 fully saturated rings. The molecule has 1 atom stereocenters. The van der Waals surface area contributed by atoms with Crippen LogP contribution in [0, 0.1) is 5.92 Å². The van der Waals surface area contributed by atoms with Crippen molar-refractivity contribution in [2.45, 2.75) is 52.5 Å². The summed E-state index contributed by atoms with van der Waals surface area (Å²) in [5, 5.41) is 3.49. The third kappa shape index (κ3) is 3.97. The van der Waals surface area contributed by atoms with Crippen molar-refractivity contribution in [3.8, 4) is 5.75 Å².